The Labute approximate surface area is 98.3 Å². The predicted octanol–water partition coefficient (Wildman–Crippen LogP) is 1.57. The summed E-state index contributed by atoms with van der Waals surface area (Å²) in [5, 5.41) is 13.0. The zero-order valence-corrected chi connectivity index (χ0v) is 9.51. The lowest BCUT2D eigenvalue weighted by Gasteiger charge is -2.06. The fraction of sp³-hybridized carbons (Fsp3) is 0.167. The van der Waals surface area contributed by atoms with Crippen LogP contribution < -0.4 is 0 Å². The third-order valence-electron chi connectivity index (χ3n) is 2.47. The van der Waals surface area contributed by atoms with Crippen LogP contribution >= 0.6 is 0 Å². The van der Waals surface area contributed by atoms with E-state index in [9.17, 15) is 4.79 Å². The molecule has 2 aromatic heterocycles. The summed E-state index contributed by atoms with van der Waals surface area (Å²) in [5.74, 6) is 0.604. The molecular formula is C12H10N4O. The maximum absolute atomic E-state index is 10.6. The van der Waals surface area contributed by atoms with Crippen molar-refractivity contribution in [3.63, 3.8) is 0 Å². The Morgan fingerprint density at radius 2 is 2.24 bits per heavy atom. The summed E-state index contributed by atoms with van der Waals surface area (Å²) < 4.78 is 1.52. The highest BCUT2D eigenvalue weighted by atomic mass is 16.1. The van der Waals surface area contributed by atoms with E-state index >= 15 is 0 Å². The van der Waals surface area contributed by atoms with Crippen LogP contribution in [0.15, 0.2) is 18.5 Å². The van der Waals surface area contributed by atoms with E-state index in [1.165, 1.54) is 10.9 Å². The zero-order valence-electron chi connectivity index (χ0n) is 9.51. The fourth-order valence-corrected chi connectivity index (χ4v) is 1.62. The SMILES string of the molecule is Cc1cc(-n2cc(C=O)cn2)nc(C)c1C#N. The molecule has 17 heavy (non-hydrogen) atoms. The van der Waals surface area contributed by atoms with Gasteiger partial charge in [-0.25, -0.2) is 9.67 Å². The van der Waals surface area contributed by atoms with Crippen LogP contribution in [0.5, 0.6) is 0 Å². The van der Waals surface area contributed by atoms with Crippen molar-refractivity contribution >= 4 is 6.29 Å². The van der Waals surface area contributed by atoms with Gasteiger partial charge in [0, 0.05) is 6.20 Å². The molecule has 0 bridgehead atoms. The first kappa shape index (κ1) is 11.0. The van der Waals surface area contributed by atoms with Crippen molar-refractivity contribution in [2.75, 3.05) is 0 Å². The second kappa shape index (κ2) is 4.18. The molecule has 0 N–H and O–H groups in total. The van der Waals surface area contributed by atoms with Crippen molar-refractivity contribution in [3.05, 3.63) is 40.8 Å². The fourth-order valence-electron chi connectivity index (χ4n) is 1.62. The molecule has 0 aliphatic rings. The van der Waals surface area contributed by atoms with Crippen LogP contribution in [0.1, 0.15) is 27.2 Å². The van der Waals surface area contributed by atoms with Gasteiger partial charge < -0.3 is 0 Å². The molecule has 5 nitrogen and oxygen atoms in total. The van der Waals surface area contributed by atoms with Crippen molar-refractivity contribution in [3.8, 4) is 11.9 Å². The molecule has 0 atom stereocenters. The lowest BCUT2D eigenvalue weighted by atomic mass is 10.1. The molecule has 0 aromatic carbocycles. The van der Waals surface area contributed by atoms with E-state index in [1.54, 1.807) is 19.2 Å². The largest absolute Gasteiger partial charge is 0.298 e. The Balaban J connectivity index is 2.54. The smallest absolute Gasteiger partial charge is 0.153 e. The monoisotopic (exact) mass is 226 g/mol. The Kier molecular flexibility index (Phi) is 2.71. The molecule has 0 radical (unpaired) electrons. The Morgan fingerprint density at radius 1 is 1.47 bits per heavy atom. The highest BCUT2D eigenvalue weighted by Gasteiger charge is 2.08. The lowest BCUT2D eigenvalue weighted by molar-refractivity contribution is 0.112. The summed E-state index contributed by atoms with van der Waals surface area (Å²) in [4.78, 5) is 14.9. The number of hydrogen-bond donors (Lipinski definition) is 0. The van der Waals surface area contributed by atoms with Gasteiger partial charge in [0.1, 0.15) is 6.07 Å². The maximum atomic E-state index is 10.6. The maximum Gasteiger partial charge on any atom is 0.153 e. The van der Waals surface area contributed by atoms with Crippen LogP contribution in [-0.4, -0.2) is 21.1 Å². The Hall–Kier alpha value is -2.48. The van der Waals surface area contributed by atoms with Crippen molar-refractivity contribution in [1.82, 2.24) is 14.8 Å². The summed E-state index contributed by atoms with van der Waals surface area (Å²) >= 11 is 0. The molecule has 0 aliphatic heterocycles. The second-order valence-electron chi connectivity index (χ2n) is 3.71. The summed E-state index contributed by atoms with van der Waals surface area (Å²) in [6.07, 6.45) is 3.80. The van der Waals surface area contributed by atoms with E-state index in [0.717, 1.165) is 11.8 Å². The zero-order chi connectivity index (χ0) is 12.4. The molecule has 0 amide bonds. The second-order valence-corrected chi connectivity index (χ2v) is 3.71. The number of rotatable bonds is 2. The highest BCUT2D eigenvalue weighted by Crippen LogP contribution is 2.14. The lowest BCUT2D eigenvalue weighted by Crippen LogP contribution is -2.02. The van der Waals surface area contributed by atoms with E-state index in [1.807, 2.05) is 6.92 Å². The van der Waals surface area contributed by atoms with Gasteiger partial charge in [-0.1, -0.05) is 0 Å². The minimum absolute atomic E-state index is 0.492. The number of pyridine rings is 1. The number of carbonyl (C=O) groups excluding carboxylic acids is 1. The van der Waals surface area contributed by atoms with Crippen molar-refractivity contribution in [2.45, 2.75) is 13.8 Å². The Bertz CT molecular complexity index is 599. The summed E-state index contributed by atoms with van der Waals surface area (Å²) in [7, 11) is 0. The molecule has 5 heteroatoms. The van der Waals surface area contributed by atoms with Gasteiger partial charge in [0.05, 0.1) is 23.0 Å². The first-order chi connectivity index (χ1) is 8.15. The third-order valence-corrected chi connectivity index (χ3v) is 2.47. The average molecular weight is 226 g/mol. The van der Waals surface area contributed by atoms with E-state index in [0.29, 0.717) is 22.6 Å². The third kappa shape index (κ3) is 1.93. The first-order valence-corrected chi connectivity index (χ1v) is 5.04. The summed E-state index contributed by atoms with van der Waals surface area (Å²) in [6, 6.07) is 3.88. The van der Waals surface area contributed by atoms with Gasteiger partial charge in [0.25, 0.3) is 0 Å². The first-order valence-electron chi connectivity index (χ1n) is 5.04. The number of nitriles is 1. The number of aromatic nitrogens is 3. The molecular weight excluding hydrogens is 216 g/mol. The van der Waals surface area contributed by atoms with Gasteiger partial charge >= 0.3 is 0 Å². The van der Waals surface area contributed by atoms with Crippen LogP contribution in [0.3, 0.4) is 0 Å². The standard InChI is InChI=1S/C12H10N4O/c1-8-3-12(15-9(2)11(8)4-13)16-6-10(7-17)5-14-16/h3,5-7H,1-2H3. The van der Waals surface area contributed by atoms with Crippen LogP contribution in [0.2, 0.25) is 0 Å². The molecule has 0 unspecified atom stereocenters. The van der Waals surface area contributed by atoms with Gasteiger partial charge in [0.15, 0.2) is 12.1 Å². The van der Waals surface area contributed by atoms with Crippen molar-refractivity contribution < 1.29 is 4.79 Å². The van der Waals surface area contributed by atoms with E-state index < -0.39 is 0 Å². The topological polar surface area (TPSA) is 71.6 Å². The molecule has 0 spiro atoms. The molecule has 2 heterocycles. The summed E-state index contributed by atoms with van der Waals surface area (Å²) in [5.41, 5.74) is 2.58. The molecule has 0 fully saturated rings. The van der Waals surface area contributed by atoms with Gasteiger partial charge in [-0.2, -0.15) is 10.4 Å². The van der Waals surface area contributed by atoms with Crippen LogP contribution in [-0.2, 0) is 0 Å². The number of nitrogens with zero attached hydrogens (tertiary/aromatic N) is 4. The molecule has 2 rings (SSSR count). The van der Waals surface area contributed by atoms with Gasteiger partial charge in [-0.05, 0) is 25.5 Å². The van der Waals surface area contributed by atoms with Crippen LogP contribution in [0, 0.1) is 25.2 Å². The highest BCUT2D eigenvalue weighted by molar-refractivity contribution is 5.73. The predicted molar refractivity (Wildman–Crippen MR) is 60.9 cm³/mol. The number of carbonyl (C=O) groups is 1. The van der Waals surface area contributed by atoms with Crippen molar-refractivity contribution in [1.29, 1.82) is 5.26 Å². The van der Waals surface area contributed by atoms with Crippen LogP contribution in [0.25, 0.3) is 5.82 Å². The summed E-state index contributed by atoms with van der Waals surface area (Å²) in [6.45, 7) is 3.63. The number of hydrogen-bond acceptors (Lipinski definition) is 4. The van der Waals surface area contributed by atoms with Crippen LogP contribution in [0.4, 0.5) is 0 Å². The Morgan fingerprint density at radius 3 is 2.76 bits per heavy atom. The average Bonchev–Trinajstić information content (AvgIpc) is 2.77. The molecule has 84 valence electrons. The van der Waals surface area contributed by atoms with Gasteiger partial charge in [-0.15, -0.1) is 0 Å². The minimum atomic E-state index is 0.492. The molecule has 0 saturated heterocycles. The minimum Gasteiger partial charge on any atom is -0.298 e. The molecule has 0 aliphatic carbocycles. The van der Waals surface area contributed by atoms with Gasteiger partial charge in [-0.3, -0.25) is 4.79 Å². The van der Waals surface area contributed by atoms with E-state index in [2.05, 4.69) is 16.2 Å². The van der Waals surface area contributed by atoms with E-state index in [4.69, 9.17) is 5.26 Å². The number of aldehydes is 1. The van der Waals surface area contributed by atoms with Gasteiger partial charge in [0.2, 0.25) is 0 Å². The molecule has 0 saturated carbocycles. The quantitative estimate of drug-likeness (QED) is 0.728. The molecule has 2 aromatic rings. The van der Waals surface area contributed by atoms with E-state index in [-0.39, 0.29) is 0 Å². The van der Waals surface area contributed by atoms with Crippen molar-refractivity contribution in [2.24, 2.45) is 0 Å². The number of aryl methyl sites for hydroxylation is 2. The normalized spacial score (nSPS) is 9.94.